The average Bonchev–Trinajstić information content (AvgIpc) is 2.75. The quantitative estimate of drug-likeness (QED) is 0.545. The average molecular weight is 413 g/mol. The molecule has 0 spiro atoms. The summed E-state index contributed by atoms with van der Waals surface area (Å²) < 4.78 is 11.2. The first-order chi connectivity index (χ1) is 14.4. The highest BCUT2D eigenvalue weighted by molar-refractivity contribution is 5.94. The summed E-state index contributed by atoms with van der Waals surface area (Å²) in [6.45, 7) is 7.17. The molecule has 2 aromatic carbocycles. The van der Waals surface area contributed by atoms with Gasteiger partial charge in [-0.1, -0.05) is 38.1 Å². The Morgan fingerprint density at radius 2 is 1.73 bits per heavy atom. The van der Waals surface area contributed by atoms with Crippen LogP contribution >= 0.6 is 0 Å². The number of carbonyl (C=O) groups is 2. The Hall–Kier alpha value is -3.02. The Morgan fingerprint density at radius 1 is 1.00 bits per heavy atom. The van der Waals surface area contributed by atoms with Gasteiger partial charge in [0, 0.05) is 18.5 Å². The SMILES string of the molecule is COc1cc([C@@H](C)NC(=O)CCCNC(=O)c2ccccc2)ccc1OCC(C)C. The fraction of sp³-hybridized carbons (Fsp3) is 0.417. The zero-order valence-electron chi connectivity index (χ0n) is 18.2. The summed E-state index contributed by atoms with van der Waals surface area (Å²) >= 11 is 0. The lowest BCUT2D eigenvalue weighted by Crippen LogP contribution is -2.29. The number of nitrogens with one attached hydrogen (secondary N) is 2. The van der Waals surface area contributed by atoms with Crippen molar-refractivity contribution < 1.29 is 19.1 Å². The fourth-order valence-corrected chi connectivity index (χ4v) is 2.87. The van der Waals surface area contributed by atoms with Crippen LogP contribution in [0.4, 0.5) is 0 Å². The molecule has 0 aliphatic rings. The standard InChI is InChI=1S/C24H32N2O4/c1-17(2)16-30-21-13-12-20(15-22(21)29-4)18(3)26-23(27)11-8-14-25-24(28)19-9-6-5-7-10-19/h5-7,9-10,12-13,15,17-18H,8,11,14,16H2,1-4H3,(H,25,28)(H,26,27)/t18-/m1/s1. The smallest absolute Gasteiger partial charge is 0.251 e. The number of hydrogen-bond donors (Lipinski definition) is 2. The van der Waals surface area contributed by atoms with Crippen LogP contribution in [0.2, 0.25) is 0 Å². The Labute approximate surface area is 179 Å². The van der Waals surface area contributed by atoms with Crippen molar-refractivity contribution in [3.63, 3.8) is 0 Å². The van der Waals surface area contributed by atoms with Crippen molar-refractivity contribution in [1.82, 2.24) is 10.6 Å². The molecule has 2 aromatic rings. The van der Waals surface area contributed by atoms with Crippen LogP contribution in [0.1, 0.15) is 55.6 Å². The maximum absolute atomic E-state index is 12.3. The van der Waals surface area contributed by atoms with Crippen molar-refractivity contribution in [2.45, 2.75) is 39.7 Å². The molecule has 0 saturated heterocycles. The van der Waals surface area contributed by atoms with Crippen LogP contribution in [0, 0.1) is 5.92 Å². The number of benzene rings is 2. The van der Waals surface area contributed by atoms with Crippen molar-refractivity contribution in [3.05, 3.63) is 59.7 Å². The van der Waals surface area contributed by atoms with Gasteiger partial charge in [0.25, 0.3) is 5.91 Å². The van der Waals surface area contributed by atoms with Crippen LogP contribution in [0.15, 0.2) is 48.5 Å². The Balaban J connectivity index is 1.78. The summed E-state index contributed by atoms with van der Waals surface area (Å²) in [6.07, 6.45) is 0.911. The van der Waals surface area contributed by atoms with Gasteiger partial charge in [-0.25, -0.2) is 0 Å². The minimum absolute atomic E-state index is 0.0597. The summed E-state index contributed by atoms with van der Waals surface area (Å²) in [4.78, 5) is 24.3. The largest absolute Gasteiger partial charge is 0.493 e. The molecular formula is C24H32N2O4. The summed E-state index contributed by atoms with van der Waals surface area (Å²) in [7, 11) is 1.61. The first-order valence-corrected chi connectivity index (χ1v) is 10.3. The van der Waals surface area contributed by atoms with Crippen LogP contribution in [-0.2, 0) is 4.79 Å². The summed E-state index contributed by atoms with van der Waals surface area (Å²) in [5.74, 6) is 1.58. The zero-order chi connectivity index (χ0) is 21.9. The van der Waals surface area contributed by atoms with Crippen LogP contribution in [0.3, 0.4) is 0 Å². The summed E-state index contributed by atoms with van der Waals surface area (Å²) in [6, 6.07) is 14.6. The number of amides is 2. The second-order valence-electron chi connectivity index (χ2n) is 7.63. The van der Waals surface area contributed by atoms with Gasteiger partial charge in [0.1, 0.15) is 0 Å². The Bertz CT molecular complexity index is 821. The van der Waals surface area contributed by atoms with Gasteiger partial charge < -0.3 is 20.1 Å². The molecule has 2 amide bonds. The van der Waals surface area contributed by atoms with E-state index in [0.29, 0.717) is 49.0 Å². The lowest BCUT2D eigenvalue weighted by molar-refractivity contribution is -0.121. The summed E-state index contributed by atoms with van der Waals surface area (Å²) in [5, 5.41) is 5.82. The molecule has 2 N–H and O–H groups in total. The number of methoxy groups -OCH3 is 1. The monoisotopic (exact) mass is 412 g/mol. The van der Waals surface area contributed by atoms with Crippen molar-refractivity contribution in [2.24, 2.45) is 5.92 Å². The van der Waals surface area contributed by atoms with E-state index in [1.54, 1.807) is 19.2 Å². The zero-order valence-corrected chi connectivity index (χ0v) is 18.2. The van der Waals surface area contributed by atoms with Crippen molar-refractivity contribution in [1.29, 1.82) is 0 Å². The van der Waals surface area contributed by atoms with Gasteiger partial charge in [0.2, 0.25) is 5.91 Å². The van der Waals surface area contributed by atoms with Gasteiger partial charge >= 0.3 is 0 Å². The third-order valence-electron chi connectivity index (χ3n) is 4.54. The van der Waals surface area contributed by atoms with Crippen LogP contribution in [0.25, 0.3) is 0 Å². The summed E-state index contributed by atoms with van der Waals surface area (Å²) in [5.41, 5.74) is 1.56. The third kappa shape index (κ3) is 7.43. The highest BCUT2D eigenvalue weighted by Crippen LogP contribution is 2.30. The second kappa shape index (κ2) is 11.9. The Kier molecular flexibility index (Phi) is 9.19. The molecule has 162 valence electrons. The minimum Gasteiger partial charge on any atom is -0.493 e. The third-order valence-corrected chi connectivity index (χ3v) is 4.54. The van der Waals surface area contributed by atoms with E-state index in [9.17, 15) is 9.59 Å². The number of ether oxygens (including phenoxy) is 2. The predicted octanol–water partition coefficient (Wildman–Crippen LogP) is 4.12. The van der Waals surface area contributed by atoms with E-state index in [2.05, 4.69) is 24.5 Å². The van der Waals surface area contributed by atoms with Gasteiger partial charge in [-0.05, 0) is 49.1 Å². The molecule has 1 atom stereocenters. The molecule has 6 heteroatoms. The first kappa shape index (κ1) is 23.3. The molecule has 0 unspecified atom stereocenters. The molecule has 0 heterocycles. The molecule has 0 saturated carbocycles. The van der Waals surface area contributed by atoms with Crippen molar-refractivity contribution in [2.75, 3.05) is 20.3 Å². The van der Waals surface area contributed by atoms with Crippen molar-refractivity contribution in [3.8, 4) is 11.5 Å². The molecule has 30 heavy (non-hydrogen) atoms. The van der Waals surface area contributed by atoms with E-state index < -0.39 is 0 Å². The van der Waals surface area contributed by atoms with Gasteiger partial charge in [0.05, 0.1) is 19.8 Å². The van der Waals surface area contributed by atoms with E-state index in [0.717, 1.165) is 5.56 Å². The molecule has 0 aliphatic heterocycles. The van der Waals surface area contributed by atoms with Gasteiger partial charge in [0.15, 0.2) is 11.5 Å². The van der Waals surface area contributed by atoms with Gasteiger partial charge in [-0.15, -0.1) is 0 Å². The van der Waals surface area contributed by atoms with E-state index in [1.165, 1.54) is 0 Å². The highest BCUT2D eigenvalue weighted by Gasteiger charge is 2.13. The minimum atomic E-state index is -0.163. The number of rotatable bonds is 11. The molecule has 0 bridgehead atoms. The van der Waals surface area contributed by atoms with Crippen LogP contribution in [0.5, 0.6) is 11.5 Å². The fourth-order valence-electron chi connectivity index (χ4n) is 2.87. The van der Waals surface area contributed by atoms with Crippen LogP contribution in [-0.4, -0.2) is 32.1 Å². The molecule has 0 aromatic heterocycles. The highest BCUT2D eigenvalue weighted by atomic mass is 16.5. The lowest BCUT2D eigenvalue weighted by Gasteiger charge is -2.18. The van der Waals surface area contributed by atoms with E-state index in [4.69, 9.17) is 9.47 Å². The second-order valence-corrected chi connectivity index (χ2v) is 7.63. The van der Waals surface area contributed by atoms with E-state index in [1.807, 2.05) is 43.3 Å². The van der Waals surface area contributed by atoms with Crippen LogP contribution < -0.4 is 20.1 Å². The normalized spacial score (nSPS) is 11.6. The maximum atomic E-state index is 12.3. The molecular weight excluding hydrogens is 380 g/mol. The first-order valence-electron chi connectivity index (χ1n) is 10.3. The maximum Gasteiger partial charge on any atom is 0.251 e. The molecule has 0 radical (unpaired) electrons. The van der Waals surface area contributed by atoms with Gasteiger partial charge in [-0.2, -0.15) is 0 Å². The molecule has 0 fully saturated rings. The lowest BCUT2D eigenvalue weighted by atomic mass is 10.1. The molecule has 2 rings (SSSR count). The van der Waals surface area contributed by atoms with Crippen molar-refractivity contribution >= 4 is 11.8 Å². The predicted molar refractivity (Wildman–Crippen MR) is 118 cm³/mol. The number of hydrogen-bond acceptors (Lipinski definition) is 4. The van der Waals surface area contributed by atoms with Gasteiger partial charge in [-0.3, -0.25) is 9.59 Å². The number of carbonyl (C=O) groups excluding carboxylic acids is 2. The Morgan fingerprint density at radius 3 is 2.40 bits per heavy atom. The molecule has 0 aliphatic carbocycles. The topological polar surface area (TPSA) is 76.7 Å². The van der Waals surface area contributed by atoms with E-state index >= 15 is 0 Å². The van der Waals surface area contributed by atoms with E-state index in [-0.39, 0.29) is 17.9 Å². The molecule has 6 nitrogen and oxygen atoms in total.